The highest BCUT2D eigenvalue weighted by Crippen LogP contribution is 2.19. The molecule has 132 valence electrons. The van der Waals surface area contributed by atoms with Gasteiger partial charge in [0.05, 0.1) is 4.92 Å². The first-order valence-electron chi connectivity index (χ1n) is 7.17. The molecule has 8 nitrogen and oxygen atoms in total. The van der Waals surface area contributed by atoms with E-state index in [1.165, 1.54) is 11.9 Å². The Bertz CT molecular complexity index is 642. The molecular formula is C15H20FN3O5. The van der Waals surface area contributed by atoms with E-state index in [-0.39, 0.29) is 18.7 Å². The van der Waals surface area contributed by atoms with Crippen LogP contribution in [0.1, 0.15) is 31.1 Å². The van der Waals surface area contributed by atoms with Crippen molar-refractivity contribution >= 4 is 17.7 Å². The van der Waals surface area contributed by atoms with Crippen molar-refractivity contribution in [2.75, 3.05) is 20.1 Å². The van der Waals surface area contributed by atoms with Crippen LogP contribution in [0.25, 0.3) is 0 Å². The van der Waals surface area contributed by atoms with Crippen molar-refractivity contribution in [2.45, 2.75) is 26.4 Å². The number of benzene rings is 1. The molecule has 0 fully saturated rings. The number of hydrogen-bond donors (Lipinski definition) is 1. The summed E-state index contributed by atoms with van der Waals surface area (Å²) in [5, 5.41) is 13.3. The Morgan fingerprint density at radius 1 is 1.38 bits per heavy atom. The van der Waals surface area contributed by atoms with Crippen LogP contribution in [-0.2, 0) is 4.74 Å². The van der Waals surface area contributed by atoms with Crippen molar-refractivity contribution in [3.8, 4) is 0 Å². The number of nitrogens with zero attached hydrogens (tertiary/aromatic N) is 2. The monoisotopic (exact) mass is 341 g/mol. The molecule has 0 aliphatic rings. The second-order valence-electron chi connectivity index (χ2n) is 6.08. The average Bonchev–Trinajstić information content (AvgIpc) is 2.44. The maximum Gasteiger partial charge on any atom is 0.410 e. The van der Waals surface area contributed by atoms with E-state index < -0.39 is 34.0 Å². The number of rotatable bonds is 5. The summed E-state index contributed by atoms with van der Waals surface area (Å²) in [4.78, 5) is 35.1. The number of carbonyl (C=O) groups excluding carboxylic acids is 2. The molecular weight excluding hydrogens is 321 g/mol. The van der Waals surface area contributed by atoms with Crippen LogP contribution in [0.2, 0.25) is 0 Å². The highest BCUT2D eigenvalue weighted by Gasteiger charge is 2.22. The highest BCUT2D eigenvalue weighted by atomic mass is 19.1. The Labute approximate surface area is 138 Å². The van der Waals surface area contributed by atoms with Gasteiger partial charge < -0.3 is 15.0 Å². The molecule has 0 saturated carbocycles. The molecule has 0 atom stereocenters. The van der Waals surface area contributed by atoms with Gasteiger partial charge in [-0.05, 0) is 32.9 Å². The van der Waals surface area contributed by atoms with E-state index in [9.17, 15) is 24.1 Å². The van der Waals surface area contributed by atoms with E-state index >= 15 is 0 Å². The molecule has 0 saturated heterocycles. The van der Waals surface area contributed by atoms with Crippen LogP contribution in [0.3, 0.4) is 0 Å². The van der Waals surface area contributed by atoms with Crippen molar-refractivity contribution in [3.63, 3.8) is 0 Å². The van der Waals surface area contributed by atoms with Gasteiger partial charge in [0.25, 0.3) is 11.6 Å². The predicted octanol–water partition coefficient (Wildman–Crippen LogP) is 2.33. The fraction of sp³-hybridized carbons (Fsp3) is 0.467. The maximum atomic E-state index is 13.2. The molecule has 0 unspecified atom stereocenters. The fourth-order valence-electron chi connectivity index (χ4n) is 1.71. The van der Waals surface area contributed by atoms with Gasteiger partial charge in [-0.25, -0.2) is 9.18 Å². The summed E-state index contributed by atoms with van der Waals surface area (Å²) in [6.45, 7) is 5.34. The first kappa shape index (κ1) is 19.3. The molecule has 0 bridgehead atoms. The van der Waals surface area contributed by atoms with Crippen LogP contribution >= 0.6 is 0 Å². The minimum atomic E-state index is -0.793. The van der Waals surface area contributed by atoms with Gasteiger partial charge >= 0.3 is 6.09 Å². The van der Waals surface area contributed by atoms with Crippen molar-refractivity contribution in [3.05, 3.63) is 39.7 Å². The Kier molecular flexibility index (Phi) is 6.21. The van der Waals surface area contributed by atoms with Crippen LogP contribution < -0.4 is 5.32 Å². The third-order valence-electron chi connectivity index (χ3n) is 2.84. The zero-order valence-corrected chi connectivity index (χ0v) is 14.0. The standard InChI is InChI=1S/C15H20FN3O5/c1-15(2,3)24-14(21)18(4)8-7-17-13(20)11-9-10(16)5-6-12(11)19(22)23/h5-6,9H,7-8H2,1-4H3,(H,17,20). The van der Waals surface area contributed by atoms with Gasteiger partial charge in [-0.3, -0.25) is 14.9 Å². The molecule has 0 aliphatic heterocycles. The van der Waals surface area contributed by atoms with Crippen molar-refractivity contribution in [1.82, 2.24) is 10.2 Å². The lowest BCUT2D eigenvalue weighted by molar-refractivity contribution is -0.385. The Hall–Kier alpha value is -2.71. The summed E-state index contributed by atoms with van der Waals surface area (Å²) < 4.78 is 18.4. The first-order valence-corrected chi connectivity index (χ1v) is 7.17. The summed E-state index contributed by atoms with van der Waals surface area (Å²) in [6, 6.07) is 2.63. The topological polar surface area (TPSA) is 102 Å². The summed E-state index contributed by atoms with van der Waals surface area (Å²) in [6.07, 6.45) is -0.562. The third-order valence-corrected chi connectivity index (χ3v) is 2.84. The van der Waals surface area contributed by atoms with E-state index in [4.69, 9.17) is 4.74 Å². The Morgan fingerprint density at radius 2 is 2.00 bits per heavy atom. The van der Waals surface area contributed by atoms with E-state index in [0.29, 0.717) is 0 Å². The lowest BCUT2D eigenvalue weighted by Gasteiger charge is -2.24. The molecule has 9 heteroatoms. The van der Waals surface area contributed by atoms with Crippen LogP contribution in [0, 0.1) is 15.9 Å². The molecule has 1 N–H and O–H groups in total. The van der Waals surface area contributed by atoms with Gasteiger partial charge in [0.15, 0.2) is 0 Å². The number of nitro benzene ring substituents is 1. The Balaban J connectivity index is 2.63. The van der Waals surface area contributed by atoms with Crippen LogP contribution in [0.4, 0.5) is 14.9 Å². The number of hydrogen-bond acceptors (Lipinski definition) is 5. The van der Waals surface area contributed by atoms with E-state index in [0.717, 1.165) is 18.2 Å². The molecule has 1 aromatic carbocycles. The fourth-order valence-corrected chi connectivity index (χ4v) is 1.71. The van der Waals surface area contributed by atoms with Crippen LogP contribution in [0.15, 0.2) is 18.2 Å². The van der Waals surface area contributed by atoms with Gasteiger partial charge in [-0.1, -0.05) is 0 Å². The van der Waals surface area contributed by atoms with Gasteiger partial charge in [-0.2, -0.15) is 0 Å². The molecule has 1 aromatic rings. The Morgan fingerprint density at radius 3 is 2.54 bits per heavy atom. The van der Waals surface area contributed by atoms with Gasteiger partial charge in [-0.15, -0.1) is 0 Å². The van der Waals surface area contributed by atoms with Crippen LogP contribution in [0.5, 0.6) is 0 Å². The van der Waals surface area contributed by atoms with Crippen molar-refractivity contribution in [1.29, 1.82) is 0 Å². The number of halogens is 1. The predicted molar refractivity (Wildman–Crippen MR) is 84.3 cm³/mol. The quantitative estimate of drug-likeness (QED) is 0.654. The lowest BCUT2D eigenvalue weighted by Crippen LogP contribution is -2.39. The van der Waals surface area contributed by atoms with E-state index in [1.54, 1.807) is 20.8 Å². The summed E-state index contributed by atoms with van der Waals surface area (Å²) >= 11 is 0. The molecule has 0 radical (unpaired) electrons. The molecule has 0 aromatic heterocycles. The average molecular weight is 341 g/mol. The summed E-state index contributed by atoms with van der Waals surface area (Å²) in [5.74, 6) is -1.55. The molecule has 0 heterocycles. The van der Waals surface area contributed by atoms with Crippen molar-refractivity contribution in [2.24, 2.45) is 0 Å². The first-order chi connectivity index (χ1) is 11.0. The zero-order chi connectivity index (χ0) is 18.5. The third kappa shape index (κ3) is 5.82. The smallest absolute Gasteiger partial charge is 0.410 e. The minimum absolute atomic E-state index is 0.0300. The molecule has 2 amide bonds. The number of nitrogens with one attached hydrogen (secondary N) is 1. The molecule has 24 heavy (non-hydrogen) atoms. The van der Waals surface area contributed by atoms with Gasteiger partial charge in [0, 0.05) is 26.2 Å². The minimum Gasteiger partial charge on any atom is -0.444 e. The lowest BCUT2D eigenvalue weighted by atomic mass is 10.1. The number of ether oxygens (including phenoxy) is 1. The maximum absolute atomic E-state index is 13.2. The number of amides is 2. The van der Waals surface area contributed by atoms with E-state index in [1.807, 2.05) is 0 Å². The molecule has 0 spiro atoms. The van der Waals surface area contributed by atoms with Gasteiger partial charge in [0.1, 0.15) is 17.0 Å². The summed E-state index contributed by atoms with van der Waals surface area (Å²) in [7, 11) is 1.49. The SMILES string of the molecule is CN(CCNC(=O)c1cc(F)ccc1[N+](=O)[O-])C(=O)OC(C)(C)C. The second-order valence-corrected chi connectivity index (χ2v) is 6.08. The number of nitro groups is 1. The highest BCUT2D eigenvalue weighted by molar-refractivity contribution is 5.98. The van der Waals surface area contributed by atoms with Gasteiger partial charge in [0.2, 0.25) is 0 Å². The van der Waals surface area contributed by atoms with E-state index in [2.05, 4.69) is 5.32 Å². The van der Waals surface area contributed by atoms with Crippen molar-refractivity contribution < 1.29 is 23.6 Å². The number of carbonyl (C=O) groups is 2. The summed E-state index contributed by atoms with van der Waals surface area (Å²) in [5.41, 5.74) is -1.51. The number of likely N-dealkylation sites (N-methyl/N-ethyl adjacent to an activating group) is 1. The largest absolute Gasteiger partial charge is 0.444 e. The molecule has 1 rings (SSSR count). The zero-order valence-electron chi connectivity index (χ0n) is 14.0. The normalized spacial score (nSPS) is 10.9. The van der Waals surface area contributed by atoms with Crippen LogP contribution in [-0.4, -0.2) is 47.6 Å². The second kappa shape index (κ2) is 7.71. The molecule has 0 aliphatic carbocycles.